The van der Waals surface area contributed by atoms with E-state index in [4.69, 9.17) is 4.74 Å². The van der Waals surface area contributed by atoms with Gasteiger partial charge in [-0.3, -0.25) is 0 Å². The molecule has 1 fully saturated rings. The first-order chi connectivity index (χ1) is 12.9. The van der Waals surface area contributed by atoms with Crippen LogP contribution in [0.3, 0.4) is 0 Å². The molecule has 1 atom stereocenters. The van der Waals surface area contributed by atoms with Gasteiger partial charge in [-0.2, -0.15) is 13.2 Å². The SMILES string of the molecule is COc1ccc(C2SCCN2C(=O)Nc2ccc(SC(F)(F)F)cc2)cc1. The van der Waals surface area contributed by atoms with E-state index in [1.54, 1.807) is 23.8 Å². The minimum absolute atomic E-state index is 0.0772. The van der Waals surface area contributed by atoms with Crippen LogP contribution in [0.25, 0.3) is 0 Å². The summed E-state index contributed by atoms with van der Waals surface area (Å²) in [5.41, 5.74) is -2.88. The molecule has 27 heavy (non-hydrogen) atoms. The lowest BCUT2D eigenvalue weighted by Gasteiger charge is -2.24. The molecule has 0 spiro atoms. The zero-order valence-electron chi connectivity index (χ0n) is 14.3. The summed E-state index contributed by atoms with van der Waals surface area (Å²) in [7, 11) is 1.59. The maximum atomic E-state index is 12.6. The fourth-order valence-corrected chi connectivity index (χ4v) is 4.45. The van der Waals surface area contributed by atoms with Gasteiger partial charge in [-0.15, -0.1) is 11.8 Å². The standard InChI is InChI=1S/C18H17F3N2O2S2/c1-25-14-6-2-12(3-7-14)16-23(10-11-26-16)17(24)22-13-4-8-15(9-5-13)27-18(19,20)21/h2-9,16H,10-11H2,1H3,(H,22,24). The Bertz CT molecular complexity index is 783. The molecule has 2 aromatic rings. The van der Waals surface area contributed by atoms with Crippen molar-refractivity contribution in [2.24, 2.45) is 0 Å². The van der Waals surface area contributed by atoms with Gasteiger partial charge in [-0.25, -0.2) is 4.79 Å². The molecule has 0 aromatic heterocycles. The van der Waals surface area contributed by atoms with Crippen LogP contribution in [0, 0.1) is 0 Å². The van der Waals surface area contributed by atoms with E-state index in [9.17, 15) is 18.0 Å². The van der Waals surface area contributed by atoms with Gasteiger partial charge in [0.15, 0.2) is 0 Å². The second-order valence-corrected chi connectivity index (χ2v) is 8.02. The van der Waals surface area contributed by atoms with Crippen molar-refractivity contribution in [3.05, 3.63) is 54.1 Å². The van der Waals surface area contributed by atoms with Gasteiger partial charge in [0, 0.05) is 22.9 Å². The molecule has 1 heterocycles. The van der Waals surface area contributed by atoms with E-state index in [1.165, 1.54) is 24.3 Å². The number of thioether (sulfide) groups is 2. The van der Waals surface area contributed by atoms with Gasteiger partial charge in [0.1, 0.15) is 11.1 Å². The van der Waals surface area contributed by atoms with Crippen LogP contribution in [0.1, 0.15) is 10.9 Å². The van der Waals surface area contributed by atoms with E-state index in [1.807, 2.05) is 24.3 Å². The predicted molar refractivity (Wildman–Crippen MR) is 102 cm³/mol. The third-order valence-electron chi connectivity index (χ3n) is 3.89. The molecule has 2 aromatic carbocycles. The quantitative estimate of drug-likeness (QED) is 0.663. The molecular weight excluding hydrogens is 397 g/mol. The van der Waals surface area contributed by atoms with Crippen LogP contribution in [0.2, 0.25) is 0 Å². The number of hydrogen-bond donors (Lipinski definition) is 1. The van der Waals surface area contributed by atoms with Crippen molar-refractivity contribution in [3.8, 4) is 5.75 Å². The number of methoxy groups -OCH3 is 1. The Morgan fingerprint density at radius 2 is 1.85 bits per heavy atom. The topological polar surface area (TPSA) is 41.6 Å². The number of nitrogens with one attached hydrogen (secondary N) is 1. The molecule has 1 saturated heterocycles. The van der Waals surface area contributed by atoms with Crippen LogP contribution >= 0.6 is 23.5 Å². The van der Waals surface area contributed by atoms with Crippen molar-refractivity contribution >= 4 is 35.2 Å². The summed E-state index contributed by atoms with van der Waals surface area (Å²) in [5.74, 6) is 1.56. The number of urea groups is 1. The first kappa shape index (κ1) is 19.8. The van der Waals surface area contributed by atoms with Gasteiger partial charge in [-0.05, 0) is 53.7 Å². The zero-order valence-corrected chi connectivity index (χ0v) is 16.0. The normalized spacial score (nSPS) is 17.0. The van der Waals surface area contributed by atoms with Crippen LogP contribution in [0.4, 0.5) is 23.7 Å². The highest BCUT2D eigenvalue weighted by Gasteiger charge is 2.31. The van der Waals surface area contributed by atoms with Crippen molar-refractivity contribution < 1.29 is 22.7 Å². The average Bonchev–Trinajstić information content (AvgIpc) is 3.12. The molecule has 1 N–H and O–H groups in total. The van der Waals surface area contributed by atoms with E-state index < -0.39 is 5.51 Å². The summed E-state index contributed by atoms with van der Waals surface area (Å²) in [5, 5.41) is 2.64. The second-order valence-electron chi connectivity index (χ2n) is 5.69. The number of amides is 2. The molecule has 0 bridgehead atoms. The first-order valence-corrected chi connectivity index (χ1v) is 9.91. The molecule has 0 aliphatic carbocycles. The molecule has 0 radical (unpaired) electrons. The largest absolute Gasteiger partial charge is 0.497 e. The van der Waals surface area contributed by atoms with Crippen molar-refractivity contribution in [3.63, 3.8) is 0 Å². The minimum Gasteiger partial charge on any atom is -0.497 e. The van der Waals surface area contributed by atoms with E-state index in [2.05, 4.69) is 5.32 Å². The van der Waals surface area contributed by atoms with Crippen LogP contribution in [-0.4, -0.2) is 35.8 Å². The maximum absolute atomic E-state index is 12.6. The molecule has 2 amide bonds. The Balaban J connectivity index is 1.65. The van der Waals surface area contributed by atoms with Crippen LogP contribution in [-0.2, 0) is 0 Å². The zero-order chi connectivity index (χ0) is 19.4. The molecule has 4 nitrogen and oxygen atoms in total. The Hall–Kier alpha value is -2.00. The van der Waals surface area contributed by atoms with Gasteiger partial charge in [0.25, 0.3) is 0 Å². The van der Waals surface area contributed by atoms with E-state index in [0.29, 0.717) is 12.2 Å². The molecule has 1 unspecified atom stereocenters. The number of carbonyl (C=O) groups excluding carboxylic acids is 1. The molecule has 0 saturated carbocycles. The number of nitrogens with zero attached hydrogens (tertiary/aromatic N) is 1. The summed E-state index contributed by atoms with van der Waals surface area (Å²) in [6.07, 6.45) is 0. The monoisotopic (exact) mass is 414 g/mol. The first-order valence-electron chi connectivity index (χ1n) is 8.05. The Kier molecular flexibility index (Phi) is 6.11. The lowest BCUT2D eigenvalue weighted by molar-refractivity contribution is -0.0328. The summed E-state index contributed by atoms with van der Waals surface area (Å²) in [6, 6.07) is 12.9. The lowest BCUT2D eigenvalue weighted by Crippen LogP contribution is -2.34. The molecule has 9 heteroatoms. The van der Waals surface area contributed by atoms with Crippen molar-refractivity contribution in [2.75, 3.05) is 24.7 Å². The van der Waals surface area contributed by atoms with Gasteiger partial charge < -0.3 is 15.0 Å². The van der Waals surface area contributed by atoms with Gasteiger partial charge >= 0.3 is 11.5 Å². The second kappa shape index (κ2) is 8.35. The highest BCUT2D eigenvalue weighted by atomic mass is 32.2. The number of benzene rings is 2. The number of anilines is 1. The van der Waals surface area contributed by atoms with E-state index >= 15 is 0 Å². The number of ether oxygens (including phenoxy) is 1. The van der Waals surface area contributed by atoms with Crippen LogP contribution < -0.4 is 10.1 Å². The van der Waals surface area contributed by atoms with Crippen LogP contribution in [0.5, 0.6) is 5.75 Å². The average molecular weight is 414 g/mol. The van der Waals surface area contributed by atoms with Gasteiger partial charge in [0.05, 0.1) is 7.11 Å². The number of hydrogen-bond acceptors (Lipinski definition) is 4. The smallest absolute Gasteiger partial charge is 0.446 e. The van der Waals surface area contributed by atoms with E-state index in [0.717, 1.165) is 17.1 Å². The Morgan fingerprint density at radius 1 is 1.19 bits per heavy atom. The molecular formula is C18H17F3N2O2S2. The highest BCUT2D eigenvalue weighted by molar-refractivity contribution is 8.00. The molecule has 1 aliphatic rings. The van der Waals surface area contributed by atoms with Crippen molar-refractivity contribution in [2.45, 2.75) is 15.8 Å². The highest BCUT2D eigenvalue weighted by Crippen LogP contribution is 2.39. The van der Waals surface area contributed by atoms with Crippen molar-refractivity contribution in [1.29, 1.82) is 0 Å². The number of alkyl halides is 3. The lowest BCUT2D eigenvalue weighted by atomic mass is 10.2. The predicted octanol–water partition coefficient (Wildman–Crippen LogP) is 5.59. The summed E-state index contributed by atoms with van der Waals surface area (Å²) in [4.78, 5) is 14.4. The maximum Gasteiger partial charge on any atom is 0.446 e. The fourth-order valence-electron chi connectivity index (χ4n) is 2.66. The van der Waals surface area contributed by atoms with E-state index in [-0.39, 0.29) is 28.1 Å². The molecule has 144 valence electrons. The molecule has 1 aliphatic heterocycles. The number of carbonyl (C=O) groups is 1. The summed E-state index contributed by atoms with van der Waals surface area (Å²) >= 11 is 1.48. The third-order valence-corrected chi connectivity index (χ3v) is 5.89. The third kappa shape index (κ3) is 5.26. The van der Waals surface area contributed by atoms with Gasteiger partial charge in [0.2, 0.25) is 0 Å². The number of rotatable bonds is 4. The van der Waals surface area contributed by atoms with Gasteiger partial charge in [-0.1, -0.05) is 12.1 Å². The molecule has 3 rings (SSSR count). The Labute approximate surface area is 163 Å². The summed E-state index contributed by atoms with van der Waals surface area (Å²) in [6.45, 7) is 0.592. The minimum atomic E-state index is -4.33. The fraction of sp³-hybridized carbons (Fsp3) is 0.278. The number of halogens is 3. The Morgan fingerprint density at radius 3 is 2.44 bits per heavy atom. The van der Waals surface area contributed by atoms with Crippen molar-refractivity contribution in [1.82, 2.24) is 4.90 Å². The van der Waals surface area contributed by atoms with Crippen LogP contribution in [0.15, 0.2) is 53.4 Å². The summed E-state index contributed by atoms with van der Waals surface area (Å²) < 4.78 is 42.3.